The van der Waals surface area contributed by atoms with Crippen molar-refractivity contribution in [2.75, 3.05) is 30.6 Å². The fourth-order valence-electron chi connectivity index (χ4n) is 4.61. The molecular formula is C32H37N5O8. The topological polar surface area (TPSA) is 190 Å². The predicted molar refractivity (Wildman–Crippen MR) is 166 cm³/mol. The van der Waals surface area contributed by atoms with Crippen molar-refractivity contribution in [2.45, 2.75) is 44.7 Å². The summed E-state index contributed by atoms with van der Waals surface area (Å²) in [6.07, 6.45) is 1.12. The number of carboxylic acids is 1. The molecule has 13 nitrogen and oxygen atoms in total. The number of nitrogens with one attached hydrogen (secondary N) is 4. The summed E-state index contributed by atoms with van der Waals surface area (Å²) in [5, 5.41) is 20.5. The third-order valence-corrected chi connectivity index (χ3v) is 6.97. The molecule has 1 heterocycles. The number of fused-ring (bicyclic) bond motifs is 1. The monoisotopic (exact) mass is 619 g/mol. The Kier molecular flexibility index (Phi) is 11.6. The number of carboxylic acid groups (broad SMARTS) is 1. The number of rotatable bonds is 15. The minimum atomic E-state index is -1.11. The second-order valence-electron chi connectivity index (χ2n) is 10.4. The number of amides is 4. The highest BCUT2D eigenvalue weighted by atomic mass is 16.7. The largest absolute Gasteiger partial charge is 0.484 e. The lowest BCUT2D eigenvalue weighted by atomic mass is 10.0. The van der Waals surface area contributed by atoms with E-state index in [-0.39, 0.29) is 19.8 Å². The Hall–Kier alpha value is -5.30. The van der Waals surface area contributed by atoms with Gasteiger partial charge in [0.1, 0.15) is 11.8 Å². The number of hydrogen-bond acceptors (Lipinski definition) is 8. The van der Waals surface area contributed by atoms with Gasteiger partial charge in [-0.2, -0.15) is 0 Å². The standard InChI is InChI=1S/C32H37N5O8/c1-20-6-2-3-7-24(20)37-32(42)34-22-10-12-23(13-11-22)43-18-29(38)35-25(8-4-5-15-33)31(41)36-26(17-30(39)40)21-9-14-27-28(16-21)45-19-44-27/h2-3,6-7,9-14,16,25-26H,4-5,8,15,17-19,33H2,1H3,(H,35,38)(H,36,41)(H,39,40)(H2,34,37,42). The highest BCUT2D eigenvalue weighted by Gasteiger charge is 2.27. The van der Waals surface area contributed by atoms with Crippen molar-refractivity contribution in [3.05, 3.63) is 77.9 Å². The molecule has 1 aliphatic rings. The fraction of sp³-hybridized carbons (Fsp3) is 0.312. The maximum absolute atomic E-state index is 13.3. The van der Waals surface area contributed by atoms with Crippen molar-refractivity contribution in [3.63, 3.8) is 0 Å². The number of para-hydroxylation sites is 1. The van der Waals surface area contributed by atoms with Crippen LogP contribution in [0.4, 0.5) is 16.2 Å². The summed E-state index contributed by atoms with van der Waals surface area (Å²) in [7, 11) is 0. The van der Waals surface area contributed by atoms with Gasteiger partial charge in [-0.15, -0.1) is 0 Å². The van der Waals surface area contributed by atoms with Crippen LogP contribution in [0.2, 0.25) is 0 Å². The van der Waals surface area contributed by atoms with Crippen LogP contribution in [0, 0.1) is 6.92 Å². The molecule has 3 aromatic carbocycles. The summed E-state index contributed by atoms with van der Waals surface area (Å²) in [5.41, 5.74) is 8.29. The van der Waals surface area contributed by atoms with Gasteiger partial charge in [0.25, 0.3) is 5.91 Å². The Bertz CT molecular complexity index is 1500. The Morgan fingerprint density at radius 2 is 1.69 bits per heavy atom. The van der Waals surface area contributed by atoms with E-state index in [0.29, 0.717) is 60.0 Å². The number of unbranched alkanes of at least 4 members (excludes halogenated alkanes) is 1. The molecule has 0 fully saturated rings. The van der Waals surface area contributed by atoms with Gasteiger partial charge in [-0.25, -0.2) is 4.79 Å². The van der Waals surface area contributed by atoms with Crippen LogP contribution in [0.1, 0.15) is 42.9 Å². The van der Waals surface area contributed by atoms with Crippen LogP contribution in [0.25, 0.3) is 0 Å². The lowest BCUT2D eigenvalue weighted by Crippen LogP contribution is -2.49. The van der Waals surface area contributed by atoms with E-state index >= 15 is 0 Å². The molecule has 4 rings (SSSR count). The van der Waals surface area contributed by atoms with Gasteiger partial charge >= 0.3 is 12.0 Å². The highest BCUT2D eigenvalue weighted by molar-refractivity contribution is 6.00. The first-order chi connectivity index (χ1) is 21.7. The first-order valence-corrected chi connectivity index (χ1v) is 14.5. The lowest BCUT2D eigenvalue weighted by Gasteiger charge is -2.23. The zero-order chi connectivity index (χ0) is 32.2. The van der Waals surface area contributed by atoms with Crippen LogP contribution in [0.5, 0.6) is 17.2 Å². The smallest absolute Gasteiger partial charge is 0.323 e. The predicted octanol–water partition coefficient (Wildman–Crippen LogP) is 3.69. The van der Waals surface area contributed by atoms with Gasteiger partial charge in [0, 0.05) is 11.4 Å². The van der Waals surface area contributed by atoms with Crippen molar-refractivity contribution >= 4 is 35.2 Å². The molecule has 0 spiro atoms. The molecule has 2 unspecified atom stereocenters. The van der Waals surface area contributed by atoms with Crippen LogP contribution < -0.4 is 41.2 Å². The van der Waals surface area contributed by atoms with Crippen molar-refractivity contribution in [3.8, 4) is 17.2 Å². The highest BCUT2D eigenvalue weighted by Crippen LogP contribution is 2.35. The van der Waals surface area contributed by atoms with Crippen LogP contribution >= 0.6 is 0 Å². The Morgan fingerprint density at radius 1 is 0.933 bits per heavy atom. The second kappa shape index (κ2) is 16.0. The van der Waals surface area contributed by atoms with E-state index in [4.69, 9.17) is 19.9 Å². The number of anilines is 2. The number of aliphatic carboxylic acids is 1. The van der Waals surface area contributed by atoms with E-state index in [1.165, 1.54) is 0 Å². The van der Waals surface area contributed by atoms with E-state index in [1.54, 1.807) is 48.5 Å². The van der Waals surface area contributed by atoms with Crippen molar-refractivity contribution in [1.29, 1.82) is 0 Å². The quantitative estimate of drug-likeness (QED) is 0.138. The van der Waals surface area contributed by atoms with E-state index in [0.717, 1.165) is 5.56 Å². The molecule has 45 heavy (non-hydrogen) atoms. The number of ether oxygens (including phenoxy) is 3. The fourth-order valence-corrected chi connectivity index (χ4v) is 4.61. The number of carbonyl (C=O) groups is 4. The number of carbonyl (C=O) groups excluding carboxylic acids is 3. The number of benzene rings is 3. The SMILES string of the molecule is Cc1ccccc1NC(=O)Nc1ccc(OCC(=O)NC(CCCCN)C(=O)NC(CC(=O)O)c2ccc3c(c2)OCO3)cc1. The van der Waals surface area contributed by atoms with Crippen molar-refractivity contribution < 1.29 is 38.5 Å². The molecule has 0 saturated carbocycles. The summed E-state index contributed by atoms with van der Waals surface area (Å²) in [6, 6.07) is 16.6. The Balaban J connectivity index is 1.32. The average molecular weight is 620 g/mol. The molecule has 7 N–H and O–H groups in total. The molecule has 3 aromatic rings. The summed E-state index contributed by atoms with van der Waals surface area (Å²) >= 11 is 0. The second-order valence-corrected chi connectivity index (χ2v) is 10.4. The maximum Gasteiger partial charge on any atom is 0.323 e. The number of hydrogen-bond donors (Lipinski definition) is 6. The zero-order valence-corrected chi connectivity index (χ0v) is 24.8. The van der Waals surface area contributed by atoms with Crippen molar-refractivity contribution in [1.82, 2.24) is 10.6 Å². The Labute approximate surface area is 260 Å². The minimum Gasteiger partial charge on any atom is -0.484 e. The van der Waals surface area contributed by atoms with E-state index in [1.807, 2.05) is 25.1 Å². The first kappa shape index (κ1) is 32.6. The van der Waals surface area contributed by atoms with Crippen LogP contribution in [0.15, 0.2) is 66.7 Å². The first-order valence-electron chi connectivity index (χ1n) is 14.5. The number of aryl methyl sites for hydroxylation is 1. The molecule has 0 aromatic heterocycles. The summed E-state index contributed by atoms with van der Waals surface area (Å²) in [5.74, 6) is -0.826. The summed E-state index contributed by atoms with van der Waals surface area (Å²) in [6.45, 7) is 1.99. The molecule has 0 radical (unpaired) electrons. The lowest BCUT2D eigenvalue weighted by molar-refractivity contribution is -0.138. The molecule has 0 bridgehead atoms. The number of urea groups is 1. The van der Waals surface area contributed by atoms with Crippen LogP contribution in [-0.4, -0.2) is 54.9 Å². The van der Waals surface area contributed by atoms with Crippen LogP contribution in [0.3, 0.4) is 0 Å². The maximum atomic E-state index is 13.3. The molecular weight excluding hydrogens is 582 g/mol. The molecule has 0 aliphatic carbocycles. The van der Waals surface area contributed by atoms with Gasteiger partial charge in [-0.3, -0.25) is 14.4 Å². The van der Waals surface area contributed by atoms with Gasteiger partial charge in [0.15, 0.2) is 18.1 Å². The van der Waals surface area contributed by atoms with Gasteiger partial charge < -0.3 is 46.3 Å². The van der Waals surface area contributed by atoms with Gasteiger partial charge in [0.2, 0.25) is 12.7 Å². The molecule has 1 aliphatic heterocycles. The summed E-state index contributed by atoms with van der Waals surface area (Å²) in [4.78, 5) is 50.1. The normalized spacial score (nSPS) is 12.8. The third kappa shape index (κ3) is 9.86. The van der Waals surface area contributed by atoms with Crippen LogP contribution in [-0.2, 0) is 14.4 Å². The van der Waals surface area contributed by atoms with Gasteiger partial charge in [0.05, 0.1) is 12.5 Å². The van der Waals surface area contributed by atoms with E-state index < -0.39 is 35.9 Å². The zero-order valence-electron chi connectivity index (χ0n) is 24.8. The molecule has 238 valence electrons. The van der Waals surface area contributed by atoms with Gasteiger partial charge in [-0.1, -0.05) is 24.3 Å². The average Bonchev–Trinajstić information content (AvgIpc) is 3.49. The Morgan fingerprint density at radius 3 is 2.42 bits per heavy atom. The van der Waals surface area contributed by atoms with Crippen molar-refractivity contribution in [2.24, 2.45) is 5.73 Å². The molecule has 4 amide bonds. The third-order valence-electron chi connectivity index (χ3n) is 6.97. The summed E-state index contributed by atoms with van der Waals surface area (Å²) < 4.78 is 16.3. The van der Waals surface area contributed by atoms with E-state index in [9.17, 15) is 24.3 Å². The van der Waals surface area contributed by atoms with E-state index in [2.05, 4.69) is 21.3 Å². The number of nitrogens with two attached hydrogens (primary N) is 1. The minimum absolute atomic E-state index is 0.0543. The molecule has 0 saturated heterocycles. The molecule has 13 heteroatoms. The molecule has 2 atom stereocenters. The van der Waals surface area contributed by atoms with Gasteiger partial charge in [-0.05, 0) is 86.3 Å².